The molecule has 2 N–H and O–H groups in total. The lowest BCUT2D eigenvalue weighted by Gasteiger charge is -2.15. The minimum atomic E-state index is -1.30. The molecule has 0 aromatic heterocycles. The molecule has 1 aliphatic heterocycles. The van der Waals surface area contributed by atoms with E-state index in [4.69, 9.17) is 17.3 Å². The number of amides is 1. The maximum Gasteiger partial charge on any atom is 0.339 e. The molecule has 0 bridgehead atoms. The zero-order valence-electron chi connectivity index (χ0n) is 13.1. The third-order valence-corrected chi connectivity index (χ3v) is 4.93. The Hall–Kier alpha value is -2.97. The van der Waals surface area contributed by atoms with Crippen LogP contribution in [0.1, 0.15) is 26.3 Å². The summed E-state index contributed by atoms with van der Waals surface area (Å²) in [6.45, 7) is 0. The Morgan fingerprint density at radius 2 is 1.77 bits per heavy atom. The third-order valence-electron chi connectivity index (χ3n) is 3.63. The highest BCUT2D eigenvalue weighted by molar-refractivity contribution is 8.27. The summed E-state index contributed by atoms with van der Waals surface area (Å²) in [7, 11) is 0. The van der Waals surface area contributed by atoms with Crippen LogP contribution in [-0.4, -0.2) is 32.7 Å². The monoisotopic (exact) mass is 385 g/mol. The predicted molar refractivity (Wildman–Crippen MR) is 103 cm³/mol. The zero-order chi connectivity index (χ0) is 18.8. The smallest absolute Gasteiger partial charge is 0.339 e. The average molecular weight is 385 g/mol. The second kappa shape index (κ2) is 7.11. The second-order valence-corrected chi connectivity index (χ2v) is 6.98. The van der Waals surface area contributed by atoms with E-state index in [1.165, 1.54) is 23.1 Å². The Bertz CT molecular complexity index is 966. The number of aromatic hydroxyl groups is 1. The molecule has 1 fully saturated rings. The summed E-state index contributed by atoms with van der Waals surface area (Å²) < 4.78 is 0.257. The van der Waals surface area contributed by atoms with Crippen molar-refractivity contribution in [1.82, 2.24) is 0 Å². The van der Waals surface area contributed by atoms with E-state index in [-0.39, 0.29) is 21.5 Å². The lowest BCUT2D eigenvalue weighted by atomic mass is 10.1. The first-order valence-corrected chi connectivity index (χ1v) is 8.52. The van der Waals surface area contributed by atoms with Crippen LogP contribution in [0.4, 0.5) is 5.69 Å². The molecule has 6 nitrogen and oxygen atoms in total. The molecule has 8 heteroatoms. The fraction of sp³-hybridized carbons (Fsp3) is 0. The van der Waals surface area contributed by atoms with Gasteiger partial charge in [-0.1, -0.05) is 48.2 Å². The number of nitrogens with zero attached hydrogens (tertiary/aromatic N) is 1. The number of hydrogen-bond acceptors (Lipinski definition) is 6. The highest BCUT2D eigenvalue weighted by Gasteiger charge is 2.33. The highest BCUT2D eigenvalue weighted by Crippen LogP contribution is 2.37. The van der Waals surface area contributed by atoms with E-state index >= 15 is 0 Å². The standard InChI is InChI=1S/C18H11NO5S2/c20-9-11-3-1-10(2-4-11)7-15-16(22)19(18(25)26-15)12-5-6-14(21)13(8-12)17(23)24/h1-9,21H,(H,23,24)/b15-7-. The number of phenols is 1. The number of carboxylic acids is 1. The molecule has 26 heavy (non-hydrogen) atoms. The van der Waals surface area contributed by atoms with Crippen LogP contribution in [0.25, 0.3) is 6.08 Å². The Kier molecular flexibility index (Phi) is 4.88. The minimum Gasteiger partial charge on any atom is -0.507 e. The normalized spacial score (nSPS) is 15.5. The molecular formula is C18H11NO5S2. The van der Waals surface area contributed by atoms with Crippen LogP contribution < -0.4 is 4.90 Å². The van der Waals surface area contributed by atoms with Gasteiger partial charge in [0.05, 0.1) is 10.6 Å². The average Bonchev–Trinajstić information content (AvgIpc) is 2.89. The summed E-state index contributed by atoms with van der Waals surface area (Å²) in [5, 5.41) is 18.7. The first-order valence-electron chi connectivity index (χ1n) is 7.30. The van der Waals surface area contributed by atoms with Gasteiger partial charge in [0.25, 0.3) is 5.91 Å². The van der Waals surface area contributed by atoms with E-state index in [1.807, 2.05) is 0 Å². The SMILES string of the molecule is O=Cc1ccc(/C=C2\SC(=S)N(c3ccc(O)c(C(=O)O)c3)C2=O)cc1. The van der Waals surface area contributed by atoms with Crippen molar-refractivity contribution in [1.29, 1.82) is 0 Å². The van der Waals surface area contributed by atoms with Crippen LogP contribution in [0.3, 0.4) is 0 Å². The van der Waals surface area contributed by atoms with Crippen LogP contribution in [0.15, 0.2) is 47.4 Å². The van der Waals surface area contributed by atoms with Gasteiger partial charge in [-0.25, -0.2) is 4.79 Å². The number of thiocarbonyl (C=S) groups is 1. The van der Waals surface area contributed by atoms with Crippen LogP contribution in [0.2, 0.25) is 0 Å². The number of benzene rings is 2. The van der Waals surface area contributed by atoms with E-state index in [0.717, 1.165) is 23.6 Å². The van der Waals surface area contributed by atoms with Crippen molar-refractivity contribution in [2.75, 3.05) is 4.90 Å². The molecule has 1 heterocycles. The van der Waals surface area contributed by atoms with Gasteiger partial charge in [0.15, 0.2) is 4.32 Å². The van der Waals surface area contributed by atoms with Gasteiger partial charge in [-0.05, 0) is 29.8 Å². The van der Waals surface area contributed by atoms with Gasteiger partial charge in [-0.15, -0.1) is 0 Å². The first-order chi connectivity index (χ1) is 12.4. The molecule has 0 atom stereocenters. The summed E-state index contributed by atoms with van der Waals surface area (Å²) in [5.74, 6) is -2.08. The molecule has 2 aromatic carbocycles. The number of carbonyl (C=O) groups excluding carboxylic acids is 2. The van der Waals surface area contributed by atoms with E-state index in [9.17, 15) is 19.5 Å². The van der Waals surface area contributed by atoms with Crippen LogP contribution in [0, 0.1) is 0 Å². The van der Waals surface area contributed by atoms with Gasteiger partial charge in [-0.3, -0.25) is 14.5 Å². The van der Waals surface area contributed by atoms with Crippen LogP contribution in [-0.2, 0) is 4.79 Å². The molecule has 3 rings (SSSR count). The molecule has 0 unspecified atom stereocenters. The lowest BCUT2D eigenvalue weighted by Crippen LogP contribution is -2.27. The number of hydrogen-bond donors (Lipinski definition) is 2. The van der Waals surface area contributed by atoms with E-state index in [0.29, 0.717) is 10.5 Å². The Morgan fingerprint density at radius 1 is 1.12 bits per heavy atom. The molecule has 2 aromatic rings. The largest absolute Gasteiger partial charge is 0.507 e. The molecule has 130 valence electrons. The van der Waals surface area contributed by atoms with Crippen molar-refractivity contribution >= 4 is 58.2 Å². The number of thioether (sulfide) groups is 1. The summed E-state index contributed by atoms with van der Waals surface area (Å²) in [6, 6.07) is 10.5. The number of carbonyl (C=O) groups is 3. The first kappa shape index (κ1) is 17.8. The van der Waals surface area contributed by atoms with Crippen LogP contribution in [0.5, 0.6) is 5.75 Å². The number of aldehydes is 1. The van der Waals surface area contributed by atoms with Gasteiger partial charge in [-0.2, -0.15) is 0 Å². The van der Waals surface area contributed by atoms with Gasteiger partial charge in [0.2, 0.25) is 0 Å². The van der Waals surface area contributed by atoms with Crippen LogP contribution >= 0.6 is 24.0 Å². The highest BCUT2D eigenvalue weighted by atomic mass is 32.2. The third kappa shape index (κ3) is 3.37. The summed E-state index contributed by atoms with van der Waals surface area (Å²) in [4.78, 5) is 36.2. The molecule has 0 saturated carbocycles. The quantitative estimate of drug-likeness (QED) is 0.474. The topological polar surface area (TPSA) is 94.9 Å². The lowest BCUT2D eigenvalue weighted by molar-refractivity contribution is -0.113. The van der Waals surface area contributed by atoms with Gasteiger partial charge in [0, 0.05) is 5.56 Å². The maximum absolute atomic E-state index is 12.7. The van der Waals surface area contributed by atoms with Crippen molar-refractivity contribution in [3.05, 3.63) is 64.1 Å². The molecule has 0 spiro atoms. The fourth-order valence-electron chi connectivity index (χ4n) is 2.35. The number of anilines is 1. The number of aromatic carboxylic acids is 1. The van der Waals surface area contributed by atoms with Gasteiger partial charge < -0.3 is 10.2 Å². The molecule has 0 aliphatic carbocycles. The van der Waals surface area contributed by atoms with Crippen molar-refractivity contribution in [3.8, 4) is 5.75 Å². The van der Waals surface area contributed by atoms with E-state index in [1.54, 1.807) is 30.3 Å². The predicted octanol–water partition coefficient (Wildman–Crippen LogP) is 3.31. The summed E-state index contributed by atoms with van der Waals surface area (Å²) in [6.07, 6.45) is 2.38. The minimum absolute atomic E-state index is 0.257. The van der Waals surface area contributed by atoms with E-state index < -0.39 is 11.7 Å². The van der Waals surface area contributed by atoms with Gasteiger partial charge in [0.1, 0.15) is 17.6 Å². The van der Waals surface area contributed by atoms with Crippen molar-refractivity contribution in [3.63, 3.8) is 0 Å². The van der Waals surface area contributed by atoms with Crippen molar-refractivity contribution < 1.29 is 24.6 Å². The van der Waals surface area contributed by atoms with Gasteiger partial charge >= 0.3 is 5.97 Å². The molecule has 1 aliphatic rings. The Balaban J connectivity index is 1.94. The van der Waals surface area contributed by atoms with Crippen molar-refractivity contribution in [2.45, 2.75) is 0 Å². The Morgan fingerprint density at radius 3 is 2.38 bits per heavy atom. The molecule has 0 radical (unpaired) electrons. The molecule has 1 amide bonds. The maximum atomic E-state index is 12.7. The Labute approximate surface area is 157 Å². The molecule has 1 saturated heterocycles. The fourth-order valence-corrected chi connectivity index (χ4v) is 3.65. The summed E-state index contributed by atoms with van der Waals surface area (Å²) >= 11 is 6.33. The van der Waals surface area contributed by atoms with Crippen molar-refractivity contribution in [2.24, 2.45) is 0 Å². The second-order valence-electron chi connectivity index (χ2n) is 5.31. The van der Waals surface area contributed by atoms with E-state index in [2.05, 4.69) is 0 Å². The number of carboxylic acid groups (broad SMARTS) is 1. The zero-order valence-corrected chi connectivity index (χ0v) is 14.7. The number of rotatable bonds is 4. The summed E-state index contributed by atoms with van der Waals surface area (Å²) in [5.41, 5.74) is 1.21. The molecular weight excluding hydrogens is 374 g/mol.